The minimum atomic E-state index is 0.114. The van der Waals surface area contributed by atoms with Crippen molar-refractivity contribution in [2.45, 2.75) is 25.8 Å². The van der Waals surface area contributed by atoms with Crippen molar-refractivity contribution in [1.29, 1.82) is 0 Å². The summed E-state index contributed by atoms with van der Waals surface area (Å²) >= 11 is 0. The van der Waals surface area contributed by atoms with E-state index in [0.717, 1.165) is 12.1 Å². The number of piperidine rings is 1. The second-order valence-electron chi connectivity index (χ2n) is 4.75. The molecule has 92 valence electrons. The van der Waals surface area contributed by atoms with Crippen LogP contribution in [0.3, 0.4) is 0 Å². The maximum absolute atomic E-state index is 11.2. The van der Waals surface area contributed by atoms with E-state index in [4.69, 9.17) is 5.73 Å². The van der Waals surface area contributed by atoms with Crippen LogP contribution in [0.25, 0.3) is 0 Å². The summed E-state index contributed by atoms with van der Waals surface area (Å²) in [6, 6.07) is 8.24. The number of benzene rings is 1. The van der Waals surface area contributed by atoms with Gasteiger partial charge in [-0.05, 0) is 44.3 Å². The van der Waals surface area contributed by atoms with Crippen LogP contribution in [-0.4, -0.2) is 18.9 Å². The Bertz CT molecular complexity index is 386. The van der Waals surface area contributed by atoms with Crippen LogP contribution in [0.15, 0.2) is 24.3 Å². The van der Waals surface area contributed by atoms with E-state index in [1.807, 2.05) is 24.3 Å². The zero-order valence-corrected chi connectivity index (χ0v) is 10.3. The summed E-state index contributed by atoms with van der Waals surface area (Å²) in [4.78, 5) is 11.2. The molecule has 1 aliphatic rings. The van der Waals surface area contributed by atoms with Crippen molar-refractivity contribution in [3.63, 3.8) is 0 Å². The van der Waals surface area contributed by atoms with Crippen molar-refractivity contribution >= 4 is 5.78 Å². The van der Waals surface area contributed by atoms with Gasteiger partial charge in [0.25, 0.3) is 0 Å². The monoisotopic (exact) mass is 232 g/mol. The molecule has 1 fully saturated rings. The first-order chi connectivity index (χ1) is 8.22. The van der Waals surface area contributed by atoms with Crippen LogP contribution in [0.2, 0.25) is 0 Å². The van der Waals surface area contributed by atoms with Crippen molar-refractivity contribution in [2.24, 2.45) is 11.7 Å². The third kappa shape index (κ3) is 2.73. The summed E-state index contributed by atoms with van der Waals surface area (Å²) in [6.45, 7) is 3.36. The Balaban J connectivity index is 2.17. The molecule has 3 heteroatoms. The number of carbonyl (C=O) groups is 1. The predicted octanol–water partition coefficient (Wildman–Crippen LogP) is 1.89. The SMILES string of the molecule is CC(=O)c1ccc(C2NCCCC2CN)cc1. The van der Waals surface area contributed by atoms with Crippen molar-refractivity contribution < 1.29 is 4.79 Å². The van der Waals surface area contributed by atoms with Gasteiger partial charge in [-0.2, -0.15) is 0 Å². The fraction of sp³-hybridized carbons (Fsp3) is 0.500. The minimum Gasteiger partial charge on any atom is -0.330 e. The van der Waals surface area contributed by atoms with Crippen molar-refractivity contribution in [1.82, 2.24) is 5.32 Å². The number of nitrogens with one attached hydrogen (secondary N) is 1. The van der Waals surface area contributed by atoms with E-state index in [-0.39, 0.29) is 5.78 Å². The summed E-state index contributed by atoms with van der Waals surface area (Å²) in [5.41, 5.74) is 7.83. The second-order valence-corrected chi connectivity index (χ2v) is 4.75. The molecule has 1 saturated heterocycles. The number of hydrogen-bond donors (Lipinski definition) is 2. The second kappa shape index (κ2) is 5.43. The van der Waals surface area contributed by atoms with E-state index in [1.165, 1.54) is 18.4 Å². The Morgan fingerprint density at radius 1 is 1.41 bits per heavy atom. The Hall–Kier alpha value is -1.19. The van der Waals surface area contributed by atoms with Crippen molar-refractivity contribution in [3.8, 4) is 0 Å². The molecular weight excluding hydrogens is 212 g/mol. The third-order valence-corrected chi connectivity index (χ3v) is 3.57. The first-order valence-electron chi connectivity index (χ1n) is 6.26. The third-order valence-electron chi connectivity index (χ3n) is 3.57. The fourth-order valence-electron chi connectivity index (χ4n) is 2.52. The molecule has 2 rings (SSSR count). The molecule has 3 nitrogen and oxygen atoms in total. The van der Waals surface area contributed by atoms with Gasteiger partial charge < -0.3 is 11.1 Å². The van der Waals surface area contributed by atoms with Crippen molar-refractivity contribution in [3.05, 3.63) is 35.4 Å². The highest BCUT2D eigenvalue weighted by molar-refractivity contribution is 5.94. The van der Waals surface area contributed by atoms with Crippen LogP contribution in [-0.2, 0) is 0 Å². The molecule has 1 aromatic rings. The normalized spacial score (nSPS) is 24.6. The average molecular weight is 232 g/mol. The summed E-state index contributed by atoms with van der Waals surface area (Å²) in [7, 11) is 0. The molecule has 3 N–H and O–H groups in total. The molecule has 17 heavy (non-hydrogen) atoms. The maximum atomic E-state index is 11.2. The van der Waals surface area contributed by atoms with E-state index in [0.29, 0.717) is 18.5 Å². The molecule has 1 aromatic carbocycles. The van der Waals surface area contributed by atoms with Gasteiger partial charge in [0.2, 0.25) is 0 Å². The van der Waals surface area contributed by atoms with Gasteiger partial charge in [0, 0.05) is 11.6 Å². The quantitative estimate of drug-likeness (QED) is 0.782. The molecule has 0 aliphatic carbocycles. The number of carbonyl (C=O) groups excluding carboxylic acids is 1. The lowest BCUT2D eigenvalue weighted by Gasteiger charge is -2.32. The lowest BCUT2D eigenvalue weighted by atomic mass is 9.86. The molecule has 0 aromatic heterocycles. The average Bonchev–Trinajstić information content (AvgIpc) is 2.39. The fourth-order valence-corrected chi connectivity index (χ4v) is 2.52. The number of hydrogen-bond acceptors (Lipinski definition) is 3. The van der Waals surface area contributed by atoms with Gasteiger partial charge in [0.15, 0.2) is 5.78 Å². The smallest absolute Gasteiger partial charge is 0.159 e. The first-order valence-corrected chi connectivity index (χ1v) is 6.26. The van der Waals surface area contributed by atoms with Gasteiger partial charge >= 0.3 is 0 Å². The highest BCUT2D eigenvalue weighted by Crippen LogP contribution is 2.28. The Kier molecular flexibility index (Phi) is 3.92. The molecule has 0 radical (unpaired) electrons. The number of rotatable bonds is 3. The van der Waals surface area contributed by atoms with Gasteiger partial charge in [-0.15, -0.1) is 0 Å². The Morgan fingerprint density at radius 2 is 2.12 bits per heavy atom. The molecule has 1 aliphatic heterocycles. The predicted molar refractivity (Wildman–Crippen MR) is 69.0 cm³/mol. The highest BCUT2D eigenvalue weighted by Gasteiger charge is 2.24. The Labute approximate surface area is 102 Å². The standard InChI is InChI=1S/C14H20N2O/c1-10(17)11-4-6-12(7-5-11)14-13(9-15)3-2-8-16-14/h4-7,13-14,16H,2-3,8-9,15H2,1H3. The largest absolute Gasteiger partial charge is 0.330 e. The van der Waals surface area contributed by atoms with Crippen LogP contribution >= 0.6 is 0 Å². The van der Waals surface area contributed by atoms with Gasteiger partial charge in [0.1, 0.15) is 0 Å². The molecule has 2 unspecified atom stereocenters. The maximum Gasteiger partial charge on any atom is 0.159 e. The zero-order valence-electron chi connectivity index (χ0n) is 10.3. The highest BCUT2D eigenvalue weighted by atomic mass is 16.1. The van der Waals surface area contributed by atoms with Crippen LogP contribution in [0.4, 0.5) is 0 Å². The number of nitrogens with two attached hydrogens (primary N) is 1. The van der Waals surface area contributed by atoms with Crippen molar-refractivity contribution in [2.75, 3.05) is 13.1 Å². The van der Waals surface area contributed by atoms with E-state index < -0.39 is 0 Å². The van der Waals surface area contributed by atoms with E-state index in [2.05, 4.69) is 5.32 Å². The number of Topliss-reactive ketones (excluding diaryl/α,β-unsaturated/α-hetero) is 1. The minimum absolute atomic E-state index is 0.114. The number of ketones is 1. The zero-order chi connectivity index (χ0) is 12.3. The van der Waals surface area contributed by atoms with E-state index in [1.54, 1.807) is 6.92 Å². The molecule has 2 atom stereocenters. The molecular formula is C14H20N2O. The topological polar surface area (TPSA) is 55.1 Å². The molecule has 0 bridgehead atoms. The lowest BCUT2D eigenvalue weighted by Crippen LogP contribution is -2.37. The summed E-state index contributed by atoms with van der Waals surface area (Å²) in [6.07, 6.45) is 2.38. The molecule has 0 saturated carbocycles. The Morgan fingerprint density at radius 3 is 2.71 bits per heavy atom. The van der Waals surface area contributed by atoms with Gasteiger partial charge in [0.05, 0.1) is 0 Å². The first kappa shape index (κ1) is 12.3. The lowest BCUT2D eigenvalue weighted by molar-refractivity contribution is 0.101. The molecule has 0 spiro atoms. The van der Waals surface area contributed by atoms with E-state index >= 15 is 0 Å². The summed E-state index contributed by atoms with van der Waals surface area (Å²) in [5, 5.41) is 3.52. The van der Waals surface area contributed by atoms with Gasteiger partial charge in [-0.1, -0.05) is 24.3 Å². The van der Waals surface area contributed by atoms with Crippen LogP contribution < -0.4 is 11.1 Å². The summed E-state index contributed by atoms with van der Waals surface area (Å²) < 4.78 is 0. The summed E-state index contributed by atoms with van der Waals surface area (Å²) in [5.74, 6) is 0.621. The van der Waals surface area contributed by atoms with E-state index in [9.17, 15) is 4.79 Å². The van der Waals surface area contributed by atoms with Crippen LogP contribution in [0.1, 0.15) is 41.7 Å². The van der Waals surface area contributed by atoms with Gasteiger partial charge in [-0.3, -0.25) is 4.79 Å². The van der Waals surface area contributed by atoms with Crippen LogP contribution in [0, 0.1) is 5.92 Å². The van der Waals surface area contributed by atoms with Crippen LogP contribution in [0.5, 0.6) is 0 Å². The van der Waals surface area contributed by atoms with Gasteiger partial charge in [-0.25, -0.2) is 0 Å². The molecule has 0 amide bonds. The molecule has 1 heterocycles.